The average molecular weight is 206 g/mol. The van der Waals surface area contributed by atoms with Crippen LogP contribution in [0.4, 0.5) is 0 Å². The first-order chi connectivity index (χ1) is 7.04. The summed E-state index contributed by atoms with van der Waals surface area (Å²) in [5, 5.41) is 0. The minimum Gasteiger partial charge on any atom is -0.426 e. The van der Waals surface area contributed by atoms with Crippen molar-refractivity contribution in [3.05, 3.63) is 29.3 Å². The molecule has 0 radical (unpaired) electrons. The monoisotopic (exact) mass is 206 g/mol. The lowest BCUT2D eigenvalue weighted by atomic mass is 10.1. The highest BCUT2D eigenvalue weighted by molar-refractivity contribution is 5.77. The third-order valence-corrected chi connectivity index (χ3v) is 2.02. The Kier molecular flexibility index (Phi) is 3.61. The van der Waals surface area contributed by atoms with Gasteiger partial charge in [-0.3, -0.25) is 9.59 Å². The van der Waals surface area contributed by atoms with E-state index in [-0.39, 0.29) is 11.9 Å². The molecule has 0 aliphatic heterocycles. The molecule has 1 aromatic carbocycles. The van der Waals surface area contributed by atoms with Crippen LogP contribution in [0.25, 0.3) is 0 Å². The highest BCUT2D eigenvalue weighted by Crippen LogP contribution is 2.19. The van der Waals surface area contributed by atoms with E-state index in [9.17, 15) is 9.59 Å². The minimum atomic E-state index is -0.267. The first kappa shape index (κ1) is 11.4. The van der Waals surface area contributed by atoms with Crippen molar-refractivity contribution in [2.24, 2.45) is 5.92 Å². The van der Waals surface area contributed by atoms with Crippen LogP contribution in [0, 0.1) is 12.8 Å². The molecule has 0 aliphatic carbocycles. The second kappa shape index (κ2) is 4.73. The molecular formula is C12H14O3. The van der Waals surface area contributed by atoms with Gasteiger partial charge in [0.25, 0.3) is 0 Å². The van der Waals surface area contributed by atoms with E-state index in [1.54, 1.807) is 39.0 Å². The van der Waals surface area contributed by atoms with Gasteiger partial charge >= 0.3 is 5.97 Å². The third-order valence-electron chi connectivity index (χ3n) is 2.02. The summed E-state index contributed by atoms with van der Waals surface area (Å²) in [6.07, 6.45) is 0.765. The predicted octanol–water partition coefficient (Wildman–Crippen LogP) is 2.37. The summed E-state index contributed by atoms with van der Waals surface area (Å²) in [6, 6.07) is 4.96. The second-order valence-corrected chi connectivity index (χ2v) is 3.72. The maximum Gasteiger partial charge on any atom is 0.313 e. The van der Waals surface area contributed by atoms with Crippen LogP contribution >= 0.6 is 0 Å². The molecule has 0 aromatic heterocycles. The van der Waals surface area contributed by atoms with E-state index in [0.29, 0.717) is 11.3 Å². The number of carbonyl (C=O) groups excluding carboxylic acids is 2. The summed E-state index contributed by atoms with van der Waals surface area (Å²) in [7, 11) is 0. The molecule has 0 saturated carbocycles. The number of esters is 1. The zero-order valence-electron chi connectivity index (χ0n) is 9.11. The van der Waals surface area contributed by atoms with Crippen LogP contribution in [-0.4, -0.2) is 12.3 Å². The number of aldehydes is 1. The SMILES string of the molecule is Cc1cc(C=O)ccc1OC(=O)C(C)C. The van der Waals surface area contributed by atoms with Crippen molar-refractivity contribution in [3.63, 3.8) is 0 Å². The summed E-state index contributed by atoms with van der Waals surface area (Å²) < 4.78 is 5.15. The molecule has 80 valence electrons. The van der Waals surface area contributed by atoms with Gasteiger partial charge in [-0.05, 0) is 30.7 Å². The smallest absolute Gasteiger partial charge is 0.313 e. The maximum absolute atomic E-state index is 11.3. The summed E-state index contributed by atoms with van der Waals surface area (Å²) in [4.78, 5) is 21.8. The van der Waals surface area contributed by atoms with Crippen LogP contribution in [0.3, 0.4) is 0 Å². The number of hydrogen-bond donors (Lipinski definition) is 0. The quantitative estimate of drug-likeness (QED) is 0.433. The van der Waals surface area contributed by atoms with Crippen molar-refractivity contribution in [2.45, 2.75) is 20.8 Å². The van der Waals surface area contributed by atoms with Gasteiger partial charge in [-0.2, -0.15) is 0 Å². The molecule has 0 amide bonds. The van der Waals surface area contributed by atoms with Crippen LogP contribution in [0.2, 0.25) is 0 Å². The van der Waals surface area contributed by atoms with E-state index in [0.717, 1.165) is 11.8 Å². The van der Waals surface area contributed by atoms with Gasteiger partial charge in [0, 0.05) is 5.56 Å². The molecule has 0 fully saturated rings. The number of rotatable bonds is 3. The molecule has 0 aliphatic rings. The Morgan fingerprint density at radius 3 is 2.53 bits per heavy atom. The van der Waals surface area contributed by atoms with Gasteiger partial charge in [0.05, 0.1) is 5.92 Å². The summed E-state index contributed by atoms with van der Waals surface area (Å²) in [5.41, 5.74) is 1.37. The summed E-state index contributed by atoms with van der Waals surface area (Å²) in [5.74, 6) is 0.0893. The molecule has 0 N–H and O–H groups in total. The lowest BCUT2D eigenvalue weighted by Crippen LogP contribution is -2.15. The molecule has 3 heteroatoms. The van der Waals surface area contributed by atoms with E-state index in [2.05, 4.69) is 0 Å². The van der Waals surface area contributed by atoms with Crippen molar-refractivity contribution in [1.82, 2.24) is 0 Å². The molecule has 0 unspecified atom stereocenters. The highest BCUT2D eigenvalue weighted by Gasteiger charge is 2.11. The van der Waals surface area contributed by atoms with E-state index < -0.39 is 0 Å². The van der Waals surface area contributed by atoms with E-state index in [4.69, 9.17) is 4.74 Å². The molecule has 15 heavy (non-hydrogen) atoms. The van der Waals surface area contributed by atoms with E-state index in [1.807, 2.05) is 0 Å². The molecular weight excluding hydrogens is 192 g/mol. The fraction of sp³-hybridized carbons (Fsp3) is 0.333. The first-order valence-electron chi connectivity index (χ1n) is 4.82. The first-order valence-corrected chi connectivity index (χ1v) is 4.82. The maximum atomic E-state index is 11.3. The van der Waals surface area contributed by atoms with Gasteiger partial charge in [0.2, 0.25) is 0 Å². The molecule has 0 spiro atoms. The Morgan fingerprint density at radius 2 is 2.07 bits per heavy atom. The molecule has 3 nitrogen and oxygen atoms in total. The number of hydrogen-bond acceptors (Lipinski definition) is 3. The van der Waals surface area contributed by atoms with Crippen molar-refractivity contribution >= 4 is 12.3 Å². The molecule has 1 rings (SSSR count). The Labute approximate surface area is 89.1 Å². The molecule has 0 atom stereocenters. The second-order valence-electron chi connectivity index (χ2n) is 3.72. The van der Waals surface area contributed by atoms with Crippen molar-refractivity contribution < 1.29 is 14.3 Å². The lowest BCUT2D eigenvalue weighted by molar-refractivity contribution is -0.137. The number of benzene rings is 1. The Balaban J connectivity index is 2.87. The van der Waals surface area contributed by atoms with Crippen molar-refractivity contribution in [3.8, 4) is 5.75 Å². The fourth-order valence-electron chi connectivity index (χ4n) is 1.09. The number of carbonyl (C=O) groups is 2. The molecule has 0 heterocycles. The summed E-state index contributed by atoms with van der Waals surface area (Å²) >= 11 is 0. The van der Waals surface area contributed by atoms with Gasteiger partial charge in [0.1, 0.15) is 12.0 Å². The molecule has 0 bridgehead atoms. The van der Waals surface area contributed by atoms with Crippen LogP contribution in [0.1, 0.15) is 29.8 Å². The van der Waals surface area contributed by atoms with Gasteiger partial charge in [0.15, 0.2) is 0 Å². The third kappa shape index (κ3) is 2.91. The van der Waals surface area contributed by atoms with Crippen molar-refractivity contribution in [1.29, 1.82) is 0 Å². The van der Waals surface area contributed by atoms with Crippen LogP contribution in [0.15, 0.2) is 18.2 Å². The zero-order chi connectivity index (χ0) is 11.4. The van der Waals surface area contributed by atoms with Crippen LogP contribution < -0.4 is 4.74 Å². The van der Waals surface area contributed by atoms with Crippen molar-refractivity contribution in [2.75, 3.05) is 0 Å². The molecule has 1 aromatic rings. The number of ether oxygens (including phenoxy) is 1. The minimum absolute atomic E-state index is 0.157. The summed E-state index contributed by atoms with van der Waals surface area (Å²) in [6.45, 7) is 5.35. The zero-order valence-corrected chi connectivity index (χ0v) is 9.11. The largest absolute Gasteiger partial charge is 0.426 e. The number of aryl methyl sites for hydroxylation is 1. The molecule has 0 saturated heterocycles. The highest BCUT2D eigenvalue weighted by atomic mass is 16.5. The van der Waals surface area contributed by atoms with Gasteiger partial charge < -0.3 is 4.74 Å². The standard InChI is InChI=1S/C12H14O3/c1-8(2)12(14)15-11-5-4-10(7-13)6-9(11)3/h4-8H,1-3H3. The fourth-order valence-corrected chi connectivity index (χ4v) is 1.09. The average Bonchev–Trinajstić information content (AvgIpc) is 2.20. The lowest BCUT2D eigenvalue weighted by Gasteiger charge is -2.09. The Bertz CT molecular complexity index is 380. The van der Waals surface area contributed by atoms with E-state index in [1.165, 1.54) is 0 Å². The van der Waals surface area contributed by atoms with Crippen LogP contribution in [0.5, 0.6) is 5.75 Å². The Morgan fingerprint density at radius 1 is 1.40 bits per heavy atom. The van der Waals surface area contributed by atoms with E-state index >= 15 is 0 Å². The van der Waals surface area contributed by atoms with Gasteiger partial charge in [-0.15, -0.1) is 0 Å². The predicted molar refractivity (Wildman–Crippen MR) is 57.0 cm³/mol. The normalized spacial score (nSPS) is 10.1. The van der Waals surface area contributed by atoms with Gasteiger partial charge in [-0.1, -0.05) is 13.8 Å². The topological polar surface area (TPSA) is 43.4 Å². The van der Waals surface area contributed by atoms with Crippen LogP contribution in [-0.2, 0) is 4.79 Å². The Hall–Kier alpha value is -1.64. The van der Waals surface area contributed by atoms with Gasteiger partial charge in [-0.25, -0.2) is 0 Å².